The fraction of sp³-hybridized carbons (Fsp3) is 0.300. The lowest BCUT2D eigenvalue weighted by atomic mass is 9.97. The van der Waals surface area contributed by atoms with Gasteiger partial charge in [0.1, 0.15) is 0 Å². The highest BCUT2D eigenvalue weighted by atomic mass is 32.2. The second kappa shape index (κ2) is 8.87. The Labute approximate surface area is 157 Å². The third-order valence-electron chi connectivity index (χ3n) is 4.44. The standard InChI is InChI=1S/C20H22N2O3S/c23-19(14-22-12-10-15(11-13-22)20(24)25)21-17-8-4-5-9-18(17)26-16-6-2-1-3-7-16/h1-9,15H,10-14H2,(H,21,23)(H,24,25). The fourth-order valence-corrected chi connectivity index (χ4v) is 3.93. The summed E-state index contributed by atoms with van der Waals surface area (Å²) >= 11 is 1.61. The van der Waals surface area contributed by atoms with E-state index in [1.165, 1.54) is 0 Å². The van der Waals surface area contributed by atoms with E-state index in [9.17, 15) is 9.59 Å². The molecule has 0 saturated carbocycles. The average molecular weight is 370 g/mol. The molecule has 0 aliphatic carbocycles. The van der Waals surface area contributed by atoms with E-state index >= 15 is 0 Å². The van der Waals surface area contributed by atoms with Gasteiger partial charge in [-0.15, -0.1) is 0 Å². The van der Waals surface area contributed by atoms with E-state index in [1.54, 1.807) is 11.8 Å². The molecule has 2 N–H and O–H groups in total. The Morgan fingerprint density at radius 3 is 2.38 bits per heavy atom. The molecule has 0 unspecified atom stereocenters. The molecule has 1 saturated heterocycles. The highest BCUT2D eigenvalue weighted by molar-refractivity contribution is 7.99. The number of nitrogens with zero attached hydrogens (tertiary/aromatic N) is 1. The molecule has 136 valence electrons. The monoisotopic (exact) mass is 370 g/mol. The van der Waals surface area contributed by atoms with Crippen LogP contribution in [0.25, 0.3) is 0 Å². The maximum Gasteiger partial charge on any atom is 0.306 e. The number of carboxylic acid groups (broad SMARTS) is 1. The minimum Gasteiger partial charge on any atom is -0.481 e. The van der Waals surface area contributed by atoms with E-state index < -0.39 is 5.97 Å². The molecule has 6 heteroatoms. The average Bonchev–Trinajstić information content (AvgIpc) is 2.64. The van der Waals surface area contributed by atoms with Gasteiger partial charge in [0.2, 0.25) is 5.91 Å². The molecule has 2 aromatic carbocycles. The van der Waals surface area contributed by atoms with Crippen LogP contribution in [-0.4, -0.2) is 41.5 Å². The lowest BCUT2D eigenvalue weighted by molar-refractivity contribution is -0.143. The Kier molecular flexibility index (Phi) is 6.30. The highest BCUT2D eigenvalue weighted by Crippen LogP contribution is 2.33. The van der Waals surface area contributed by atoms with Crippen LogP contribution < -0.4 is 5.32 Å². The number of hydrogen-bond acceptors (Lipinski definition) is 4. The highest BCUT2D eigenvalue weighted by Gasteiger charge is 2.25. The second-order valence-electron chi connectivity index (χ2n) is 6.35. The number of carbonyl (C=O) groups excluding carboxylic acids is 1. The molecular formula is C20H22N2O3S. The van der Waals surface area contributed by atoms with Crippen molar-refractivity contribution in [2.24, 2.45) is 5.92 Å². The van der Waals surface area contributed by atoms with Crippen molar-refractivity contribution in [1.82, 2.24) is 4.90 Å². The lowest BCUT2D eigenvalue weighted by Crippen LogP contribution is -2.40. The molecule has 0 radical (unpaired) electrons. The topological polar surface area (TPSA) is 69.6 Å². The fourth-order valence-electron chi connectivity index (χ4n) is 3.01. The van der Waals surface area contributed by atoms with E-state index in [4.69, 9.17) is 5.11 Å². The summed E-state index contributed by atoms with van der Waals surface area (Å²) in [6, 6.07) is 17.8. The number of carboxylic acids is 1. The zero-order valence-corrected chi connectivity index (χ0v) is 15.2. The van der Waals surface area contributed by atoms with Crippen molar-refractivity contribution in [2.45, 2.75) is 22.6 Å². The molecule has 1 fully saturated rings. The Balaban J connectivity index is 1.57. The molecule has 3 rings (SSSR count). The molecule has 5 nitrogen and oxygen atoms in total. The number of piperidine rings is 1. The first kappa shape index (κ1) is 18.5. The van der Waals surface area contributed by atoms with Crippen molar-refractivity contribution in [3.8, 4) is 0 Å². The smallest absolute Gasteiger partial charge is 0.306 e. The zero-order valence-electron chi connectivity index (χ0n) is 14.4. The van der Waals surface area contributed by atoms with E-state index in [2.05, 4.69) is 5.32 Å². The number of anilines is 1. The normalized spacial score (nSPS) is 15.5. The molecule has 0 atom stereocenters. The Morgan fingerprint density at radius 1 is 1.04 bits per heavy atom. The van der Waals surface area contributed by atoms with Crippen molar-refractivity contribution in [1.29, 1.82) is 0 Å². The molecule has 1 heterocycles. The molecule has 1 aliphatic rings. The summed E-state index contributed by atoms with van der Waals surface area (Å²) in [6.45, 7) is 1.58. The Hall–Kier alpha value is -2.31. The first-order chi connectivity index (χ1) is 12.6. The van der Waals surface area contributed by atoms with Crippen LogP contribution in [0.2, 0.25) is 0 Å². The van der Waals surface area contributed by atoms with Crippen LogP contribution in [0.1, 0.15) is 12.8 Å². The summed E-state index contributed by atoms with van der Waals surface area (Å²) < 4.78 is 0. The van der Waals surface area contributed by atoms with Gasteiger partial charge in [-0.05, 0) is 50.2 Å². The van der Waals surface area contributed by atoms with Crippen molar-refractivity contribution < 1.29 is 14.7 Å². The maximum absolute atomic E-state index is 12.4. The molecule has 26 heavy (non-hydrogen) atoms. The summed E-state index contributed by atoms with van der Waals surface area (Å²) in [5, 5.41) is 12.0. The Morgan fingerprint density at radius 2 is 1.69 bits per heavy atom. The number of amides is 1. The van der Waals surface area contributed by atoms with Crippen molar-refractivity contribution in [3.05, 3.63) is 54.6 Å². The van der Waals surface area contributed by atoms with Gasteiger partial charge in [-0.25, -0.2) is 0 Å². The van der Waals surface area contributed by atoms with Gasteiger partial charge >= 0.3 is 5.97 Å². The molecular weight excluding hydrogens is 348 g/mol. The number of para-hydroxylation sites is 1. The SMILES string of the molecule is O=C(CN1CCC(C(=O)O)CC1)Nc1ccccc1Sc1ccccc1. The number of likely N-dealkylation sites (tertiary alicyclic amines) is 1. The number of hydrogen-bond donors (Lipinski definition) is 2. The summed E-state index contributed by atoms with van der Waals surface area (Å²) in [7, 11) is 0. The molecule has 1 amide bonds. The minimum absolute atomic E-state index is 0.0695. The Bertz CT molecular complexity index is 759. The first-order valence-corrected chi connectivity index (χ1v) is 9.50. The largest absolute Gasteiger partial charge is 0.481 e. The summed E-state index contributed by atoms with van der Waals surface area (Å²) in [5.41, 5.74) is 0.798. The van der Waals surface area contributed by atoms with E-state index in [1.807, 2.05) is 59.5 Å². The van der Waals surface area contributed by atoms with Crippen LogP contribution in [0.5, 0.6) is 0 Å². The van der Waals surface area contributed by atoms with Crippen molar-refractivity contribution >= 4 is 29.3 Å². The van der Waals surface area contributed by atoms with Crippen LogP contribution in [0.3, 0.4) is 0 Å². The molecule has 2 aromatic rings. The predicted molar refractivity (Wildman–Crippen MR) is 102 cm³/mol. The van der Waals surface area contributed by atoms with Crippen molar-refractivity contribution in [2.75, 3.05) is 25.0 Å². The van der Waals surface area contributed by atoms with Gasteiger partial charge in [-0.3, -0.25) is 14.5 Å². The van der Waals surface area contributed by atoms with Gasteiger partial charge in [0.15, 0.2) is 0 Å². The molecule has 1 aliphatic heterocycles. The van der Waals surface area contributed by atoms with Crippen LogP contribution in [0.4, 0.5) is 5.69 Å². The third kappa shape index (κ3) is 5.09. The number of benzene rings is 2. The number of carbonyl (C=O) groups is 2. The minimum atomic E-state index is -0.735. The van der Waals surface area contributed by atoms with Gasteiger partial charge < -0.3 is 10.4 Å². The van der Waals surface area contributed by atoms with Gasteiger partial charge in [-0.2, -0.15) is 0 Å². The zero-order chi connectivity index (χ0) is 18.4. The van der Waals surface area contributed by atoms with Gasteiger partial charge in [0.25, 0.3) is 0 Å². The van der Waals surface area contributed by atoms with Gasteiger partial charge in [0, 0.05) is 9.79 Å². The molecule has 0 aromatic heterocycles. The van der Waals surface area contributed by atoms with Gasteiger partial charge in [0.05, 0.1) is 18.2 Å². The number of aliphatic carboxylic acids is 1. The predicted octanol–water partition coefficient (Wildman–Crippen LogP) is 3.57. The summed E-state index contributed by atoms with van der Waals surface area (Å²) in [5.74, 6) is -1.09. The summed E-state index contributed by atoms with van der Waals surface area (Å²) in [4.78, 5) is 27.6. The van der Waals surface area contributed by atoms with Gasteiger partial charge in [-0.1, -0.05) is 42.1 Å². The van der Waals surface area contributed by atoms with E-state index in [0.717, 1.165) is 15.5 Å². The second-order valence-corrected chi connectivity index (χ2v) is 7.46. The first-order valence-electron chi connectivity index (χ1n) is 8.69. The van der Waals surface area contributed by atoms with Crippen molar-refractivity contribution in [3.63, 3.8) is 0 Å². The molecule has 0 spiro atoms. The van der Waals surface area contributed by atoms with Crippen LogP contribution >= 0.6 is 11.8 Å². The number of rotatable bonds is 6. The molecule has 0 bridgehead atoms. The van der Waals surface area contributed by atoms with E-state index in [-0.39, 0.29) is 18.4 Å². The third-order valence-corrected chi connectivity index (χ3v) is 5.52. The van der Waals surface area contributed by atoms with E-state index in [0.29, 0.717) is 25.9 Å². The number of nitrogens with one attached hydrogen (secondary N) is 1. The van der Waals surface area contributed by atoms with Crippen LogP contribution in [0, 0.1) is 5.92 Å². The lowest BCUT2D eigenvalue weighted by Gasteiger charge is -2.29. The van der Waals surface area contributed by atoms with Crippen LogP contribution in [0.15, 0.2) is 64.4 Å². The summed E-state index contributed by atoms with van der Waals surface area (Å²) in [6.07, 6.45) is 1.20. The quantitative estimate of drug-likeness (QED) is 0.813. The maximum atomic E-state index is 12.4. The van der Waals surface area contributed by atoms with Crippen LogP contribution in [-0.2, 0) is 9.59 Å².